The number of anilines is 1. The van der Waals surface area contributed by atoms with Crippen molar-refractivity contribution in [3.8, 4) is 11.5 Å². The van der Waals surface area contributed by atoms with Crippen LogP contribution in [0.15, 0.2) is 52.3 Å². The molecule has 0 aliphatic carbocycles. The summed E-state index contributed by atoms with van der Waals surface area (Å²) in [6.45, 7) is 3.06. The predicted octanol–water partition coefficient (Wildman–Crippen LogP) is 3.18. The summed E-state index contributed by atoms with van der Waals surface area (Å²) in [5, 5.41) is 3.66. The standard InChI is InChI=1S/C22H24N4O5S/c1-3-26(13-20(27)24-15-4-6-17-19(12-15)30-11-10-29-17)21(28)18-7-5-16(31-18)14-32-22-23-8-9-25(22)2/h4-9,12H,3,10-11,13-14H2,1-2H3,(H,24,27). The van der Waals surface area contributed by atoms with E-state index < -0.39 is 0 Å². The molecule has 3 aromatic rings. The molecule has 4 rings (SSSR count). The number of carbonyl (C=O) groups excluding carboxylic acids is 2. The molecule has 0 saturated heterocycles. The van der Waals surface area contributed by atoms with Crippen LogP contribution in [0, 0.1) is 0 Å². The van der Waals surface area contributed by atoms with E-state index in [0.717, 1.165) is 5.16 Å². The number of likely N-dealkylation sites (N-methyl/N-ethyl adjacent to an activating group) is 1. The zero-order valence-electron chi connectivity index (χ0n) is 17.9. The lowest BCUT2D eigenvalue weighted by atomic mass is 10.2. The summed E-state index contributed by atoms with van der Waals surface area (Å²) in [7, 11) is 1.92. The molecule has 10 heteroatoms. The van der Waals surface area contributed by atoms with Crippen molar-refractivity contribution in [2.24, 2.45) is 7.05 Å². The largest absolute Gasteiger partial charge is 0.486 e. The van der Waals surface area contributed by atoms with Crippen LogP contribution in [-0.2, 0) is 17.6 Å². The highest BCUT2D eigenvalue weighted by Crippen LogP contribution is 2.32. The minimum atomic E-state index is -0.335. The molecule has 1 aliphatic rings. The lowest BCUT2D eigenvalue weighted by Gasteiger charge is -2.21. The zero-order chi connectivity index (χ0) is 22.5. The lowest BCUT2D eigenvalue weighted by molar-refractivity contribution is -0.116. The van der Waals surface area contributed by atoms with Crippen LogP contribution < -0.4 is 14.8 Å². The molecule has 2 aromatic heterocycles. The topological polar surface area (TPSA) is 98.8 Å². The Labute approximate surface area is 189 Å². The molecule has 1 aromatic carbocycles. The molecular formula is C22H24N4O5S. The first-order valence-corrected chi connectivity index (χ1v) is 11.2. The summed E-state index contributed by atoms with van der Waals surface area (Å²) in [6, 6.07) is 8.61. The number of nitrogens with one attached hydrogen (secondary N) is 1. The average molecular weight is 457 g/mol. The van der Waals surface area contributed by atoms with Crippen LogP contribution in [0.3, 0.4) is 0 Å². The summed E-state index contributed by atoms with van der Waals surface area (Å²) in [5.74, 6) is 2.01. The van der Waals surface area contributed by atoms with Gasteiger partial charge in [-0.3, -0.25) is 9.59 Å². The average Bonchev–Trinajstić information content (AvgIpc) is 3.44. The number of hydrogen-bond acceptors (Lipinski definition) is 7. The van der Waals surface area contributed by atoms with Crippen LogP contribution in [0.5, 0.6) is 11.5 Å². The number of benzene rings is 1. The van der Waals surface area contributed by atoms with Crippen molar-refractivity contribution < 1.29 is 23.5 Å². The van der Waals surface area contributed by atoms with E-state index >= 15 is 0 Å². The SMILES string of the molecule is CCN(CC(=O)Nc1ccc2c(c1)OCCO2)C(=O)c1ccc(CSc2nccn2C)o1. The Kier molecular flexibility index (Phi) is 6.69. The second-order valence-electron chi connectivity index (χ2n) is 7.10. The van der Waals surface area contributed by atoms with Gasteiger partial charge in [-0.05, 0) is 31.2 Å². The van der Waals surface area contributed by atoms with Gasteiger partial charge in [0.15, 0.2) is 22.4 Å². The summed E-state index contributed by atoms with van der Waals surface area (Å²) in [5.41, 5.74) is 0.578. The summed E-state index contributed by atoms with van der Waals surface area (Å²) in [6.07, 6.45) is 3.60. The molecule has 32 heavy (non-hydrogen) atoms. The first-order chi connectivity index (χ1) is 15.5. The quantitative estimate of drug-likeness (QED) is 0.520. The van der Waals surface area contributed by atoms with Gasteiger partial charge in [0.2, 0.25) is 5.91 Å². The van der Waals surface area contributed by atoms with Crippen LogP contribution in [0.4, 0.5) is 5.69 Å². The van der Waals surface area contributed by atoms with Gasteiger partial charge >= 0.3 is 0 Å². The van der Waals surface area contributed by atoms with Gasteiger partial charge < -0.3 is 28.7 Å². The Morgan fingerprint density at radius 1 is 1.19 bits per heavy atom. The van der Waals surface area contributed by atoms with Crippen molar-refractivity contribution in [2.45, 2.75) is 17.8 Å². The minimum Gasteiger partial charge on any atom is -0.486 e. The molecule has 0 unspecified atom stereocenters. The second-order valence-corrected chi connectivity index (χ2v) is 8.04. The molecule has 2 amide bonds. The van der Waals surface area contributed by atoms with Gasteiger partial charge in [0, 0.05) is 37.7 Å². The lowest BCUT2D eigenvalue weighted by Crippen LogP contribution is -2.37. The fraction of sp³-hybridized carbons (Fsp3) is 0.318. The Morgan fingerprint density at radius 3 is 2.75 bits per heavy atom. The van der Waals surface area contributed by atoms with Gasteiger partial charge in [0.1, 0.15) is 25.5 Å². The first-order valence-electron chi connectivity index (χ1n) is 10.2. The Hall–Kier alpha value is -3.40. The van der Waals surface area contributed by atoms with Gasteiger partial charge in [0.25, 0.3) is 5.91 Å². The third kappa shape index (κ3) is 5.08. The molecule has 3 heterocycles. The highest BCUT2D eigenvalue weighted by Gasteiger charge is 2.21. The van der Waals surface area contributed by atoms with Gasteiger partial charge in [-0.25, -0.2) is 4.98 Å². The molecule has 0 atom stereocenters. The van der Waals surface area contributed by atoms with Crippen LogP contribution in [0.25, 0.3) is 0 Å². The fourth-order valence-corrected chi connectivity index (χ4v) is 4.00. The molecule has 1 N–H and O–H groups in total. The monoisotopic (exact) mass is 456 g/mol. The van der Waals surface area contributed by atoms with E-state index in [1.54, 1.807) is 36.5 Å². The summed E-state index contributed by atoms with van der Waals surface area (Å²) < 4.78 is 18.7. The van der Waals surface area contributed by atoms with Crippen LogP contribution in [0.2, 0.25) is 0 Å². The van der Waals surface area contributed by atoms with E-state index in [2.05, 4.69) is 10.3 Å². The number of hydrogen-bond donors (Lipinski definition) is 1. The molecule has 0 spiro atoms. The molecular weight excluding hydrogens is 432 g/mol. The number of amides is 2. The number of imidazole rings is 1. The van der Waals surface area contributed by atoms with E-state index in [1.165, 1.54) is 16.7 Å². The highest BCUT2D eigenvalue weighted by atomic mass is 32.2. The molecule has 0 fully saturated rings. The van der Waals surface area contributed by atoms with E-state index in [9.17, 15) is 9.59 Å². The number of rotatable bonds is 8. The number of carbonyl (C=O) groups is 2. The molecule has 9 nitrogen and oxygen atoms in total. The Balaban J connectivity index is 1.34. The Morgan fingerprint density at radius 2 is 2.00 bits per heavy atom. The van der Waals surface area contributed by atoms with Crippen molar-refractivity contribution in [3.05, 3.63) is 54.2 Å². The number of nitrogens with zero attached hydrogens (tertiary/aromatic N) is 3. The third-order valence-corrected chi connectivity index (χ3v) is 5.90. The molecule has 0 saturated carbocycles. The smallest absolute Gasteiger partial charge is 0.290 e. The predicted molar refractivity (Wildman–Crippen MR) is 119 cm³/mol. The normalized spacial score (nSPS) is 12.4. The maximum Gasteiger partial charge on any atom is 0.290 e. The second kappa shape index (κ2) is 9.82. The van der Waals surface area contributed by atoms with E-state index in [1.807, 2.05) is 24.7 Å². The summed E-state index contributed by atoms with van der Waals surface area (Å²) >= 11 is 1.52. The molecule has 0 bridgehead atoms. The maximum atomic E-state index is 12.8. The van der Waals surface area contributed by atoms with Gasteiger partial charge in [0.05, 0.1) is 5.75 Å². The number of furan rings is 1. The minimum absolute atomic E-state index is 0.0954. The van der Waals surface area contributed by atoms with Gasteiger partial charge in [-0.1, -0.05) is 11.8 Å². The van der Waals surface area contributed by atoms with Gasteiger partial charge in [-0.15, -0.1) is 0 Å². The maximum absolute atomic E-state index is 12.8. The van der Waals surface area contributed by atoms with Crippen molar-refractivity contribution >= 4 is 29.3 Å². The molecule has 168 valence electrons. The van der Waals surface area contributed by atoms with Gasteiger partial charge in [-0.2, -0.15) is 0 Å². The summed E-state index contributed by atoms with van der Waals surface area (Å²) in [4.78, 5) is 31.1. The van der Waals surface area contributed by atoms with Crippen molar-refractivity contribution in [1.29, 1.82) is 0 Å². The first kappa shape index (κ1) is 21.8. The number of ether oxygens (including phenoxy) is 2. The molecule has 1 aliphatic heterocycles. The van der Waals surface area contributed by atoms with E-state index in [4.69, 9.17) is 13.9 Å². The zero-order valence-corrected chi connectivity index (χ0v) is 18.7. The number of fused-ring (bicyclic) bond motifs is 1. The van der Waals surface area contributed by atoms with Crippen molar-refractivity contribution in [1.82, 2.24) is 14.5 Å². The Bertz CT molecular complexity index is 1110. The van der Waals surface area contributed by atoms with Crippen molar-refractivity contribution in [2.75, 3.05) is 31.6 Å². The number of thioether (sulfide) groups is 1. The van der Waals surface area contributed by atoms with E-state index in [0.29, 0.717) is 48.5 Å². The van der Waals surface area contributed by atoms with Crippen LogP contribution in [0.1, 0.15) is 23.2 Å². The van der Waals surface area contributed by atoms with E-state index in [-0.39, 0.29) is 24.1 Å². The highest BCUT2D eigenvalue weighted by molar-refractivity contribution is 7.98. The van der Waals surface area contributed by atoms with Crippen LogP contribution in [-0.4, -0.2) is 52.6 Å². The number of aryl methyl sites for hydroxylation is 1. The third-order valence-electron chi connectivity index (χ3n) is 4.82. The van der Waals surface area contributed by atoms with Crippen molar-refractivity contribution in [3.63, 3.8) is 0 Å². The number of aromatic nitrogens is 2. The fourth-order valence-electron chi connectivity index (χ4n) is 3.18. The van der Waals surface area contributed by atoms with Crippen LogP contribution >= 0.6 is 11.8 Å². The molecule has 0 radical (unpaired) electrons.